The molecule has 0 amide bonds. The molecule has 0 atom stereocenters. The molecule has 0 heterocycles. The fraction of sp³-hybridized carbons (Fsp3) is 0.0833. The molecule has 13 aromatic carbocycles. The second kappa shape index (κ2) is 15.8. The Bertz CT molecular complexity index is 4090. The van der Waals surface area contributed by atoms with Crippen LogP contribution >= 0.6 is 0 Å². The molecule has 0 aromatic heterocycles. The number of nitrogens with zero attached hydrogens (tertiary/aromatic N) is 2. The van der Waals surface area contributed by atoms with Crippen LogP contribution < -0.4 is 9.80 Å². The highest BCUT2D eigenvalue weighted by Gasteiger charge is 2.37. The van der Waals surface area contributed by atoms with Crippen LogP contribution in [-0.4, -0.2) is 0 Å². The third-order valence-electron chi connectivity index (χ3n) is 16.9. The van der Waals surface area contributed by atoms with E-state index < -0.39 is 0 Å². The van der Waals surface area contributed by atoms with Crippen LogP contribution in [0.25, 0.3) is 86.9 Å². The first kappa shape index (κ1) is 42.7. The highest BCUT2D eigenvalue weighted by molar-refractivity contribution is 6.34. The zero-order valence-electron chi connectivity index (χ0n) is 42.0. The minimum Gasteiger partial charge on any atom is -0.310 e. The summed E-state index contributed by atoms with van der Waals surface area (Å²) in [6.07, 6.45) is 0. The molecule has 13 aromatic rings. The molecule has 0 unspecified atom stereocenters. The Morgan fingerprint density at radius 2 is 0.486 bits per heavy atom. The summed E-state index contributed by atoms with van der Waals surface area (Å²) in [6.45, 7) is 9.60. The van der Waals surface area contributed by atoms with Crippen molar-refractivity contribution in [3.8, 4) is 22.3 Å². The van der Waals surface area contributed by atoms with Crippen molar-refractivity contribution < 1.29 is 0 Å². The van der Waals surface area contributed by atoms with Gasteiger partial charge in [0.05, 0.1) is 0 Å². The number of hydrogen-bond donors (Lipinski definition) is 0. The second-order valence-corrected chi connectivity index (χ2v) is 21.6. The fourth-order valence-corrected chi connectivity index (χ4v) is 13.3. The lowest BCUT2D eigenvalue weighted by Gasteiger charge is -2.27. The summed E-state index contributed by atoms with van der Waals surface area (Å²) < 4.78 is 0. The average molecular weight is 945 g/mol. The van der Waals surface area contributed by atoms with Gasteiger partial charge in [-0.2, -0.15) is 0 Å². The second-order valence-electron chi connectivity index (χ2n) is 21.6. The molecule has 2 aliphatic rings. The van der Waals surface area contributed by atoms with Crippen molar-refractivity contribution in [1.82, 2.24) is 0 Å². The molecule has 0 fully saturated rings. The first-order valence-electron chi connectivity index (χ1n) is 26.1. The van der Waals surface area contributed by atoms with E-state index in [1.165, 1.54) is 109 Å². The Hall–Kier alpha value is -8.98. The van der Waals surface area contributed by atoms with Gasteiger partial charge in [0.25, 0.3) is 0 Å². The van der Waals surface area contributed by atoms with Gasteiger partial charge in [-0.1, -0.05) is 161 Å². The van der Waals surface area contributed by atoms with E-state index in [2.05, 4.69) is 280 Å². The van der Waals surface area contributed by atoms with Gasteiger partial charge in [-0.25, -0.2) is 0 Å². The Morgan fingerprint density at radius 3 is 0.851 bits per heavy atom. The maximum absolute atomic E-state index is 2.55. The van der Waals surface area contributed by atoms with Gasteiger partial charge in [-0.3, -0.25) is 0 Å². The highest BCUT2D eigenvalue weighted by atomic mass is 15.1. The minimum atomic E-state index is -0.157. The van der Waals surface area contributed by atoms with Crippen LogP contribution in [0.5, 0.6) is 0 Å². The lowest BCUT2D eigenvalue weighted by atomic mass is 9.80. The van der Waals surface area contributed by atoms with Gasteiger partial charge in [0, 0.05) is 45.0 Å². The predicted octanol–water partition coefficient (Wildman–Crippen LogP) is 20.2. The van der Waals surface area contributed by atoms with E-state index in [1.54, 1.807) is 0 Å². The maximum atomic E-state index is 2.55. The number of rotatable bonds is 6. The van der Waals surface area contributed by atoms with Gasteiger partial charge in [0.2, 0.25) is 0 Å². The largest absolute Gasteiger partial charge is 0.310 e. The predicted molar refractivity (Wildman–Crippen MR) is 316 cm³/mol. The molecular formula is C72H52N2. The standard InChI is InChI=1S/C72H52N2/c1-71(2)67-31-19-17-29-53(67)65-41-61-59-39-58-52-36-34-50(74(47-25-13-7-14-26-47)48-27-15-8-16-28-48)38-56(52)64-44-70-66(54-30-18-20-32-68(54)72(70,3)4)42-62(64)60(58)40-57(59)51-35-33-49(37-55(51)63(61)43-69(65)71)73(45-21-9-5-10-22-45)46-23-11-6-12-24-46/h5-44H,1-4H3. The molecule has 2 heteroatoms. The van der Waals surface area contributed by atoms with Crippen molar-refractivity contribution in [1.29, 1.82) is 0 Å². The fourth-order valence-electron chi connectivity index (χ4n) is 13.3. The topological polar surface area (TPSA) is 6.48 Å². The third kappa shape index (κ3) is 6.12. The molecule has 0 spiro atoms. The van der Waals surface area contributed by atoms with Crippen molar-refractivity contribution in [3.63, 3.8) is 0 Å². The van der Waals surface area contributed by atoms with Crippen LogP contribution in [-0.2, 0) is 10.8 Å². The first-order valence-corrected chi connectivity index (χ1v) is 26.1. The molecule has 0 N–H and O–H groups in total. The summed E-state index contributed by atoms with van der Waals surface area (Å²) in [5.74, 6) is 0. The summed E-state index contributed by atoms with van der Waals surface area (Å²) >= 11 is 0. The molecule has 15 rings (SSSR count). The van der Waals surface area contributed by atoms with Crippen LogP contribution in [0.3, 0.4) is 0 Å². The Labute approximate surface area is 432 Å². The summed E-state index contributed by atoms with van der Waals surface area (Å²) in [4.78, 5) is 4.79. The molecule has 0 radical (unpaired) electrons. The van der Waals surface area contributed by atoms with E-state index >= 15 is 0 Å². The summed E-state index contributed by atoms with van der Waals surface area (Å²) in [6, 6.07) is 90.9. The van der Waals surface area contributed by atoms with Gasteiger partial charge < -0.3 is 9.80 Å². The molecule has 350 valence electrons. The quantitative estimate of drug-likeness (QED) is 0.121. The van der Waals surface area contributed by atoms with E-state index in [0.717, 1.165) is 34.1 Å². The van der Waals surface area contributed by atoms with Gasteiger partial charge >= 0.3 is 0 Å². The zero-order valence-corrected chi connectivity index (χ0v) is 42.0. The lowest BCUT2D eigenvalue weighted by molar-refractivity contribution is 0.661. The van der Waals surface area contributed by atoms with E-state index in [9.17, 15) is 0 Å². The first-order chi connectivity index (χ1) is 36.2. The van der Waals surface area contributed by atoms with Crippen molar-refractivity contribution in [3.05, 3.63) is 265 Å². The average Bonchev–Trinajstić information content (AvgIpc) is 3.88. The molecule has 0 aliphatic heterocycles. The number of para-hydroxylation sites is 4. The summed E-state index contributed by atoms with van der Waals surface area (Å²) in [5, 5.41) is 15.2. The number of hydrogen-bond acceptors (Lipinski definition) is 2. The number of fused-ring (bicyclic) bond motifs is 18. The van der Waals surface area contributed by atoms with Gasteiger partial charge in [0.1, 0.15) is 0 Å². The van der Waals surface area contributed by atoms with Gasteiger partial charge in [0.15, 0.2) is 0 Å². The Kier molecular flexibility index (Phi) is 9.09. The van der Waals surface area contributed by atoms with Crippen molar-refractivity contribution in [2.75, 3.05) is 9.80 Å². The van der Waals surface area contributed by atoms with Gasteiger partial charge in [-0.15, -0.1) is 0 Å². The summed E-state index contributed by atoms with van der Waals surface area (Å²) in [5.41, 5.74) is 17.3. The van der Waals surface area contributed by atoms with Crippen molar-refractivity contribution >= 4 is 98.8 Å². The van der Waals surface area contributed by atoms with E-state index in [0.29, 0.717) is 0 Å². The Balaban J connectivity index is 1.08. The zero-order chi connectivity index (χ0) is 49.5. The van der Waals surface area contributed by atoms with Crippen molar-refractivity contribution in [2.45, 2.75) is 38.5 Å². The van der Waals surface area contributed by atoms with Gasteiger partial charge in [-0.05, 0) is 218 Å². The van der Waals surface area contributed by atoms with Crippen LogP contribution in [0.2, 0.25) is 0 Å². The highest BCUT2D eigenvalue weighted by Crippen LogP contribution is 2.55. The molecule has 0 bridgehead atoms. The molecule has 2 nitrogen and oxygen atoms in total. The Morgan fingerprint density at radius 1 is 0.203 bits per heavy atom. The molecule has 0 saturated carbocycles. The van der Waals surface area contributed by atoms with Crippen LogP contribution in [0.15, 0.2) is 243 Å². The third-order valence-corrected chi connectivity index (χ3v) is 16.9. The normalized spacial score (nSPS) is 13.9. The summed E-state index contributed by atoms with van der Waals surface area (Å²) in [7, 11) is 0. The molecule has 0 saturated heterocycles. The van der Waals surface area contributed by atoms with E-state index in [-0.39, 0.29) is 10.8 Å². The van der Waals surface area contributed by atoms with Crippen molar-refractivity contribution in [2.24, 2.45) is 0 Å². The van der Waals surface area contributed by atoms with E-state index in [4.69, 9.17) is 0 Å². The van der Waals surface area contributed by atoms with Crippen LogP contribution in [0.4, 0.5) is 34.1 Å². The lowest BCUT2D eigenvalue weighted by Crippen LogP contribution is -2.14. The van der Waals surface area contributed by atoms with E-state index in [1.807, 2.05) is 0 Å². The molecular weight excluding hydrogens is 893 g/mol. The smallest absolute Gasteiger partial charge is 0.0468 e. The number of anilines is 6. The monoisotopic (exact) mass is 944 g/mol. The maximum Gasteiger partial charge on any atom is 0.0468 e. The number of benzene rings is 13. The van der Waals surface area contributed by atoms with Crippen LogP contribution in [0, 0.1) is 0 Å². The minimum absolute atomic E-state index is 0.157. The molecule has 74 heavy (non-hydrogen) atoms. The SMILES string of the molecule is CC1(C)c2ccccc2-c2cc3c(cc21)c1cc(N(c2ccccc2)c2ccccc2)ccc1c1cc2c4cc5c(cc4c4cc(N(c6ccccc6)c6ccccc6)ccc4c2cc31)C(C)(C)c1ccccc1-5. The van der Waals surface area contributed by atoms with Crippen LogP contribution in [0.1, 0.15) is 49.9 Å². The molecule has 2 aliphatic carbocycles.